The van der Waals surface area contributed by atoms with E-state index < -0.39 is 35.7 Å². The number of methoxy groups -OCH3 is 1. The molecular formula is C18H15F2NO4. The van der Waals surface area contributed by atoms with Crippen molar-refractivity contribution >= 4 is 11.9 Å². The van der Waals surface area contributed by atoms with E-state index >= 15 is 0 Å². The lowest BCUT2D eigenvalue weighted by atomic mass is 10.0. The van der Waals surface area contributed by atoms with E-state index in [0.717, 1.165) is 30.9 Å². The minimum absolute atomic E-state index is 0.310. The number of amides is 1. The van der Waals surface area contributed by atoms with Gasteiger partial charge in [0.15, 0.2) is 12.1 Å². The van der Waals surface area contributed by atoms with E-state index in [4.69, 9.17) is 4.74 Å². The summed E-state index contributed by atoms with van der Waals surface area (Å²) < 4.78 is 37.6. The second-order valence-corrected chi connectivity index (χ2v) is 5.55. The molecule has 1 N–H and O–H groups in total. The van der Waals surface area contributed by atoms with Gasteiger partial charge in [0.25, 0.3) is 5.91 Å². The van der Waals surface area contributed by atoms with Crippen LogP contribution >= 0.6 is 0 Å². The molecule has 1 aliphatic rings. The van der Waals surface area contributed by atoms with Crippen LogP contribution in [0.25, 0.3) is 0 Å². The topological polar surface area (TPSA) is 64.6 Å². The second kappa shape index (κ2) is 6.88. The third-order valence-corrected chi connectivity index (χ3v) is 3.93. The van der Waals surface area contributed by atoms with Gasteiger partial charge in [0.2, 0.25) is 0 Å². The Morgan fingerprint density at radius 3 is 2.72 bits per heavy atom. The summed E-state index contributed by atoms with van der Waals surface area (Å²) in [6, 6.07) is 8.34. The summed E-state index contributed by atoms with van der Waals surface area (Å²) in [4.78, 5) is 24.4. The van der Waals surface area contributed by atoms with Crippen molar-refractivity contribution in [1.82, 2.24) is 5.32 Å². The molecule has 2 aromatic carbocycles. The molecule has 0 aliphatic carbocycles. The molecule has 1 aliphatic heterocycles. The zero-order valence-electron chi connectivity index (χ0n) is 13.3. The highest BCUT2D eigenvalue weighted by atomic mass is 19.1. The summed E-state index contributed by atoms with van der Waals surface area (Å²) >= 11 is 0. The molecular weight excluding hydrogens is 332 g/mol. The van der Waals surface area contributed by atoms with Crippen molar-refractivity contribution in [1.29, 1.82) is 0 Å². The van der Waals surface area contributed by atoms with Crippen molar-refractivity contribution in [2.75, 3.05) is 7.11 Å². The summed E-state index contributed by atoms with van der Waals surface area (Å²) in [7, 11) is 1.10. The summed E-state index contributed by atoms with van der Waals surface area (Å²) in [6.45, 7) is 0. The average Bonchev–Trinajstić information content (AvgIpc) is 3.05. The lowest BCUT2D eigenvalue weighted by Crippen LogP contribution is -2.42. The van der Waals surface area contributed by atoms with E-state index in [9.17, 15) is 18.4 Å². The van der Waals surface area contributed by atoms with Gasteiger partial charge in [0.1, 0.15) is 17.4 Å². The average molecular weight is 347 g/mol. The number of hydrogen-bond donors (Lipinski definition) is 1. The standard InChI is InChI=1S/C18H15F2NO4/c1-24-18(23)16(12-9-11(19)6-7-13(12)20)21-17(22)15-8-10-4-2-3-5-14(10)25-15/h2-7,9,15-16H,8H2,1H3,(H,21,22)/t15-,16-/m1/s1. The smallest absolute Gasteiger partial charge is 0.333 e. The lowest BCUT2D eigenvalue weighted by molar-refractivity contribution is -0.146. The van der Waals surface area contributed by atoms with Crippen molar-refractivity contribution in [2.45, 2.75) is 18.6 Å². The zero-order valence-corrected chi connectivity index (χ0v) is 13.3. The highest BCUT2D eigenvalue weighted by molar-refractivity contribution is 5.88. The number of hydrogen-bond acceptors (Lipinski definition) is 4. The van der Waals surface area contributed by atoms with Crippen LogP contribution in [0.3, 0.4) is 0 Å². The molecule has 1 heterocycles. The fourth-order valence-corrected chi connectivity index (χ4v) is 2.68. The van der Waals surface area contributed by atoms with Gasteiger partial charge in [0.05, 0.1) is 7.11 Å². The van der Waals surface area contributed by atoms with Gasteiger partial charge in [-0.3, -0.25) is 4.79 Å². The predicted molar refractivity (Wildman–Crippen MR) is 83.8 cm³/mol. The Morgan fingerprint density at radius 2 is 2.00 bits per heavy atom. The Morgan fingerprint density at radius 1 is 1.24 bits per heavy atom. The molecule has 2 atom stereocenters. The highest BCUT2D eigenvalue weighted by Crippen LogP contribution is 2.29. The van der Waals surface area contributed by atoms with Crippen LogP contribution in [0.15, 0.2) is 42.5 Å². The van der Waals surface area contributed by atoms with E-state index in [1.54, 1.807) is 12.1 Å². The number of carbonyl (C=O) groups excluding carboxylic acids is 2. The first-order chi connectivity index (χ1) is 12.0. The van der Waals surface area contributed by atoms with Crippen molar-refractivity contribution < 1.29 is 27.8 Å². The second-order valence-electron chi connectivity index (χ2n) is 5.55. The molecule has 0 aromatic heterocycles. The molecule has 5 nitrogen and oxygen atoms in total. The predicted octanol–water partition coefficient (Wildman–Crippen LogP) is 2.30. The SMILES string of the molecule is COC(=O)[C@H](NC(=O)[C@H]1Cc2ccccc2O1)c1cc(F)ccc1F. The minimum Gasteiger partial charge on any atom is -0.480 e. The van der Waals surface area contributed by atoms with Gasteiger partial charge in [-0.15, -0.1) is 0 Å². The van der Waals surface area contributed by atoms with Gasteiger partial charge in [-0.2, -0.15) is 0 Å². The van der Waals surface area contributed by atoms with Crippen LogP contribution in [0.1, 0.15) is 17.2 Å². The molecule has 0 saturated carbocycles. The number of benzene rings is 2. The van der Waals surface area contributed by atoms with Crippen molar-refractivity contribution in [3.63, 3.8) is 0 Å². The number of esters is 1. The first-order valence-electron chi connectivity index (χ1n) is 7.57. The summed E-state index contributed by atoms with van der Waals surface area (Å²) in [5, 5.41) is 2.38. The van der Waals surface area contributed by atoms with Gasteiger partial charge in [-0.05, 0) is 29.8 Å². The maximum atomic E-state index is 14.0. The molecule has 2 aromatic rings. The first kappa shape index (κ1) is 16.9. The molecule has 0 radical (unpaired) electrons. The molecule has 0 spiro atoms. The van der Waals surface area contributed by atoms with Crippen LogP contribution in [-0.4, -0.2) is 25.1 Å². The maximum absolute atomic E-state index is 14.0. The van der Waals surface area contributed by atoms with Crippen molar-refractivity contribution in [3.8, 4) is 5.75 Å². The van der Waals surface area contributed by atoms with Gasteiger partial charge in [-0.1, -0.05) is 18.2 Å². The Labute approximate surface area is 142 Å². The van der Waals surface area contributed by atoms with E-state index in [0.29, 0.717) is 12.2 Å². The van der Waals surface area contributed by atoms with Crippen LogP contribution < -0.4 is 10.1 Å². The summed E-state index contributed by atoms with van der Waals surface area (Å²) in [6.07, 6.45) is -0.539. The van der Waals surface area contributed by atoms with Crippen LogP contribution in [0, 0.1) is 11.6 Å². The lowest BCUT2D eigenvalue weighted by Gasteiger charge is -2.19. The van der Waals surface area contributed by atoms with Crippen LogP contribution in [-0.2, 0) is 20.7 Å². The Hall–Kier alpha value is -2.96. The van der Waals surface area contributed by atoms with Crippen LogP contribution in [0.2, 0.25) is 0 Å². The van der Waals surface area contributed by atoms with Crippen LogP contribution in [0.4, 0.5) is 8.78 Å². The Kier molecular flexibility index (Phi) is 4.65. The molecule has 0 fully saturated rings. The molecule has 130 valence electrons. The number of ether oxygens (including phenoxy) is 2. The Bertz CT molecular complexity index is 799. The molecule has 0 saturated heterocycles. The van der Waals surface area contributed by atoms with Gasteiger partial charge in [-0.25, -0.2) is 13.6 Å². The molecule has 1 amide bonds. The first-order valence-corrected chi connectivity index (χ1v) is 7.57. The maximum Gasteiger partial charge on any atom is 0.333 e. The van der Waals surface area contributed by atoms with Crippen molar-refractivity contribution in [2.24, 2.45) is 0 Å². The van der Waals surface area contributed by atoms with E-state index in [1.807, 2.05) is 12.1 Å². The molecule has 0 bridgehead atoms. The number of nitrogens with one attached hydrogen (secondary N) is 1. The van der Waals surface area contributed by atoms with E-state index in [2.05, 4.69) is 10.1 Å². The normalized spacial score (nSPS) is 16.5. The fourth-order valence-electron chi connectivity index (χ4n) is 2.68. The third-order valence-electron chi connectivity index (χ3n) is 3.93. The van der Waals surface area contributed by atoms with Gasteiger partial charge < -0.3 is 14.8 Å². The third kappa shape index (κ3) is 3.45. The minimum atomic E-state index is -1.47. The van der Waals surface area contributed by atoms with Gasteiger partial charge >= 0.3 is 5.97 Å². The van der Waals surface area contributed by atoms with Crippen LogP contribution in [0.5, 0.6) is 5.75 Å². The molecule has 3 rings (SSSR count). The monoisotopic (exact) mass is 347 g/mol. The number of rotatable bonds is 4. The summed E-state index contributed by atoms with van der Waals surface area (Å²) in [5.41, 5.74) is 0.546. The molecule has 25 heavy (non-hydrogen) atoms. The molecule has 7 heteroatoms. The van der Waals surface area contributed by atoms with E-state index in [-0.39, 0.29) is 5.56 Å². The van der Waals surface area contributed by atoms with Gasteiger partial charge in [0, 0.05) is 12.0 Å². The number of halogens is 2. The fraction of sp³-hybridized carbons (Fsp3) is 0.222. The van der Waals surface area contributed by atoms with Crippen molar-refractivity contribution in [3.05, 3.63) is 65.2 Å². The van der Waals surface area contributed by atoms with E-state index in [1.165, 1.54) is 0 Å². The number of para-hydroxylation sites is 1. The quantitative estimate of drug-likeness (QED) is 0.862. The highest BCUT2D eigenvalue weighted by Gasteiger charge is 2.33. The number of fused-ring (bicyclic) bond motifs is 1. The molecule has 0 unspecified atom stereocenters. The largest absolute Gasteiger partial charge is 0.480 e. The number of carbonyl (C=O) groups is 2. The Balaban J connectivity index is 1.81. The zero-order chi connectivity index (χ0) is 18.0. The summed E-state index contributed by atoms with van der Waals surface area (Å²) in [5.74, 6) is -2.50.